The molecule has 1 aromatic heterocycles. The molecule has 0 aromatic carbocycles. The summed E-state index contributed by atoms with van der Waals surface area (Å²) in [5.41, 5.74) is 1.41. The second kappa shape index (κ2) is 6.99. The van der Waals surface area contributed by atoms with Crippen molar-refractivity contribution in [2.24, 2.45) is 0 Å². The van der Waals surface area contributed by atoms with Crippen molar-refractivity contribution < 1.29 is 18.7 Å². The Labute approximate surface area is 115 Å². The number of carboxylic acids is 1. The van der Waals surface area contributed by atoms with E-state index in [1.54, 1.807) is 25.3 Å². The zero-order valence-electron chi connectivity index (χ0n) is 10.8. The van der Waals surface area contributed by atoms with Crippen molar-refractivity contribution in [2.75, 3.05) is 6.26 Å². The SMILES string of the molecule is C=C/C(F)=C\C=C(/C)Cc1cc(SC)oc1C(=O)O. The maximum atomic E-state index is 12.9. The summed E-state index contributed by atoms with van der Waals surface area (Å²) < 4.78 is 18.1. The molecular formula is C14H15FO3S. The van der Waals surface area contributed by atoms with E-state index < -0.39 is 11.8 Å². The van der Waals surface area contributed by atoms with Gasteiger partial charge < -0.3 is 9.52 Å². The molecule has 0 fully saturated rings. The van der Waals surface area contributed by atoms with Crippen LogP contribution in [0.1, 0.15) is 23.0 Å². The normalized spacial score (nSPS) is 12.6. The third kappa shape index (κ3) is 4.44. The molecule has 5 heteroatoms. The fraction of sp³-hybridized carbons (Fsp3) is 0.214. The van der Waals surface area contributed by atoms with Gasteiger partial charge in [-0.3, -0.25) is 0 Å². The van der Waals surface area contributed by atoms with Crippen molar-refractivity contribution in [3.05, 3.63) is 53.6 Å². The minimum atomic E-state index is -1.10. The highest BCUT2D eigenvalue weighted by Crippen LogP contribution is 2.25. The summed E-state index contributed by atoms with van der Waals surface area (Å²) in [7, 11) is 0. The van der Waals surface area contributed by atoms with Gasteiger partial charge in [0, 0.05) is 5.56 Å². The lowest BCUT2D eigenvalue weighted by Gasteiger charge is -1.98. The van der Waals surface area contributed by atoms with Gasteiger partial charge in [-0.25, -0.2) is 9.18 Å². The number of furan rings is 1. The van der Waals surface area contributed by atoms with Gasteiger partial charge in [0.1, 0.15) is 5.83 Å². The third-order valence-corrected chi connectivity index (χ3v) is 2.98. The van der Waals surface area contributed by atoms with Gasteiger partial charge in [-0.05, 0) is 37.8 Å². The predicted octanol–water partition coefficient (Wildman–Crippen LogP) is 4.23. The van der Waals surface area contributed by atoms with Gasteiger partial charge in [0.15, 0.2) is 5.09 Å². The zero-order valence-corrected chi connectivity index (χ0v) is 11.6. The van der Waals surface area contributed by atoms with Gasteiger partial charge in [-0.15, -0.1) is 0 Å². The summed E-state index contributed by atoms with van der Waals surface area (Å²) >= 11 is 1.34. The van der Waals surface area contributed by atoms with E-state index in [1.807, 2.05) is 0 Å². The van der Waals surface area contributed by atoms with Gasteiger partial charge in [0.05, 0.1) is 0 Å². The third-order valence-electron chi connectivity index (χ3n) is 2.37. The van der Waals surface area contributed by atoms with E-state index in [1.165, 1.54) is 17.8 Å². The Morgan fingerprint density at radius 3 is 2.79 bits per heavy atom. The van der Waals surface area contributed by atoms with Gasteiger partial charge >= 0.3 is 5.97 Å². The average Bonchev–Trinajstić information content (AvgIpc) is 2.79. The molecule has 1 N–H and O–H groups in total. The number of carboxylic acid groups (broad SMARTS) is 1. The summed E-state index contributed by atoms with van der Waals surface area (Å²) in [5.74, 6) is -1.60. The Kier molecular flexibility index (Phi) is 5.63. The first kappa shape index (κ1) is 15.3. The van der Waals surface area contributed by atoms with Crippen LogP contribution >= 0.6 is 11.8 Å². The van der Waals surface area contributed by atoms with E-state index in [-0.39, 0.29) is 5.76 Å². The Morgan fingerprint density at radius 2 is 2.26 bits per heavy atom. The maximum Gasteiger partial charge on any atom is 0.372 e. The summed E-state index contributed by atoms with van der Waals surface area (Å²) in [6.45, 7) is 5.10. The van der Waals surface area contributed by atoms with E-state index in [9.17, 15) is 9.18 Å². The number of hydrogen-bond donors (Lipinski definition) is 1. The van der Waals surface area contributed by atoms with Gasteiger partial charge in [0.25, 0.3) is 0 Å². The maximum absolute atomic E-state index is 12.9. The molecule has 0 aliphatic heterocycles. The van der Waals surface area contributed by atoms with Crippen molar-refractivity contribution in [1.29, 1.82) is 0 Å². The van der Waals surface area contributed by atoms with Crippen LogP contribution in [0.5, 0.6) is 0 Å². The van der Waals surface area contributed by atoms with Crippen LogP contribution in [0.3, 0.4) is 0 Å². The molecule has 0 atom stereocenters. The zero-order chi connectivity index (χ0) is 14.4. The highest BCUT2D eigenvalue weighted by atomic mass is 32.2. The molecule has 102 valence electrons. The molecule has 19 heavy (non-hydrogen) atoms. The van der Waals surface area contributed by atoms with Crippen LogP contribution in [0.4, 0.5) is 4.39 Å². The molecule has 0 radical (unpaired) electrons. The van der Waals surface area contributed by atoms with E-state index in [0.717, 1.165) is 11.6 Å². The minimum absolute atomic E-state index is 0.0646. The minimum Gasteiger partial charge on any atom is -0.475 e. The molecule has 0 unspecified atom stereocenters. The predicted molar refractivity (Wildman–Crippen MR) is 74.3 cm³/mol. The molecule has 0 bridgehead atoms. The molecule has 0 saturated heterocycles. The molecule has 1 rings (SSSR count). The Balaban J connectivity index is 2.95. The van der Waals surface area contributed by atoms with Crippen LogP contribution in [0.25, 0.3) is 0 Å². The fourth-order valence-electron chi connectivity index (χ4n) is 1.47. The molecule has 0 aliphatic carbocycles. The van der Waals surface area contributed by atoms with E-state index >= 15 is 0 Å². The molecule has 0 amide bonds. The van der Waals surface area contributed by atoms with Gasteiger partial charge in [-0.2, -0.15) is 0 Å². The molecule has 3 nitrogen and oxygen atoms in total. The van der Waals surface area contributed by atoms with Crippen molar-refractivity contribution >= 4 is 17.7 Å². The molecule has 0 aliphatic rings. The quantitative estimate of drug-likeness (QED) is 0.626. The van der Waals surface area contributed by atoms with E-state index in [4.69, 9.17) is 9.52 Å². The fourth-order valence-corrected chi connectivity index (χ4v) is 1.89. The number of rotatable bonds is 6. The number of allylic oxidation sites excluding steroid dienone is 5. The first-order valence-corrected chi connectivity index (χ1v) is 6.75. The number of hydrogen-bond acceptors (Lipinski definition) is 3. The number of aromatic carboxylic acids is 1. The smallest absolute Gasteiger partial charge is 0.372 e. The first-order valence-electron chi connectivity index (χ1n) is 5.53. The summed E-state index contributed by atoms with van der Waals surface area (Å²) in [6, 6.07) is 1.69. The lowest BCUT2D eigenvalue weighted by atomic mass is 10.1. The van der Waals surface area contributed by atoms with Crippen LogP contribution in [-0.4, -0.2) is 17.3 Å². The van der Waals surface area contributed by atoms with Gasteiger partial charge in [0.2, 0.25) is 5.76 Å². The van der Waals surface area contributed by atoms with Crippen LogP contribution in [0.15, 0.2) is 51.8 Å². The van der Waals surface area contributed by atoms with E-state index in [0.29, 0.717) is 17.1 Å². The van der Waals surface area contributed by atoms with E-state index in [2.05, 4.69) is 6.58 Å². The van der Waals surface area contributed by atoms with Crippen molar-refractivity contribution in [3.63, 3.8) is 0 Å². The van der Waals surface area contributed by atoms with Crippen molar-refractivity contribution in [1.82, 2.24) is 0 Å². The van der Waals surface area contributed by atoms with Crippen LogP contribution < -0.4 is 0 Å². The van der Waals surface area contributed by atoms with Gasteiger partial charge in [-0.1, -0.05) is 30.0 Å². The summed E-state index contributed by atoms with van der Waals surface area (Å²) in [4.78, 5) is 11.0. The molecule has 1 aromatic rings. The van der Waals surface area contributed by atoms with Crippen LogP contribution in [-0.2, 0) is 6.42 Å². The topological polar surface area (TPSA) is 50.4 Å². The van der Waals surface area contributed by atoms with Crippen LogP contribution in [0.2, 0.25) is 0 Å². The molecule has 1 heterocycles. The highest BCUT2D eigenvalue weighted by molar-refractivity contribution is 7.98. The standard InChI is InChI=1S/C14H15FO3S/c1-4-11(15)6-5-9(2)7-10-8-12(19-3)18-13(10)14(16)17/h4-6,8H,1,7H2,2-3H3,(H,16,17)/b9-5+,11-6+. The lowest BCUT2D eigenvalue weighted by molar-refractivity contribution is 0.0655. The summed E-state index contributed by atoms with van der Waals surface area (Å²) in [6.07, 6.45) is 6.19. The second-order valence-corrected chi connectivity index (χ2v) is 4.69. The largest absolute Gasteiger partial charge is 0.475 e. The first-order chi connectivity index (χ1) is 8.97. The number of carbonyl (C=O) groups is 1. The number of thioether (sulfide) groups is 1. The summed E-state index contributed by atoms with van der Waals surface area (Å²) in [5, 5.41) is 9.59. The van der Waals surface area contributed by atoms with Crippen molar-refractivity contribution in [2.45, 2.75) is 18.4 Å². The monoisotopic (exact) mass is 282 g/mol. The molecular weight excluding hydrogens is 267 g/mol. The highest BCUT2D eigenvalue weighted by Gasteiger charge is 2.17. The second-order valence-electron chi connectivity index (χ2n) is 3.87. The lowest BCUT2D eigenvalue weighted by Crippen LogP contribution is -1.99. The Morgan fingerprint density at radius 1 is 1.58 bits per heavy atom. The van der Waals surface area contributed by atoms with Crippen LogP contribution in [0, 0.1) is 0 Å². The molecule has 0 saturated carbocycles. The number of halogens is 1. The Hall–Kier alpha value is -1.75. The Bertz CT molecular complexity index is 541. The average molecular weight is 282 g/mol. The molecule has 0 spiro atoms. The van der Waals surface area contributed by atoms with Crippen molar-refractivity contribution in [3.8, 4) is 0 Å².